The maximum Gasteiger partial charge on any atom is 0.253 e. The van der Waals surface area contributed by atoms with Crippen molar-refractivity contribution < 1.29 is 9.53 Å². The number of nitrogens with zero attached hydrogens (tertiary/aromatic N) is 1. The summed E-state index contributed by atoms with van der Waals surface area (Å²) >= 11 is 6.41. The van der Waals surface area contributed by atoms with Crippen molar-refractivity contribution in [2.75, 3.05) is 38.6 Å². The lowest BCUT2D eigenvalue weighted by Crippen LogP contribution is -2.44. The van der Waals surface area contributed by atoms with Crippen LogP contribution in [0.3, 0.4) is 0 Å². The number of nitrogens with one attached hydrogen (secondary N) is 1. The third kappa shape index (κ3) is 4.31. The SMILES string of the molecule is Nc1ccccc1C(=O)NCC(c1ccccc1Cl)N1CCOCC1. The van der Waals surface area contributed by atoms with Crippen LogP contribution in [0, 0.1) is 0 Å². The van der Waals surface area contributed by atoms with Gasteiger partial charge in [0.2, 0.25) is 0 Å². The second-order valence-electron chi connectivity index (χ2n) is 5.98. The zero-order chi connectivity index (χ0) is 17.6. The number of amides is 1. The van der Waals surface area contributed by atoms with Gasteiger partial charge in [0.25, 0.3) is 5.91 Å². The Hall–Kier alpha value is -2.08. The van der Waals surface area contributed by atoms with Crippen molar-refractivity contribution in [3.8, 4) is 0 Å². The van der Waals surface area contributed by atoms with Crippen molar-refractivity contribution in [3.05, 3.63) is 64.7 Å². The van der Waals surface area contributed by atoms with Crippen molar-refractivity contribution in [2.24, 2.45) is 0 Å². The molecule has 1 unspecified atom stereocenters. The number of nitrogens with two attached hydrogens (primary N) is 1. The number of anilines is 1. The van der Waals surface area contributed by atoms with E-state index in [1.54, 1.807) is 18.2 Å². The molecule has 0 aliphatic carbocycles. The summed E-state index contributed by atoms with van der Waals surface area (Å²) in [6.07, 6.45) is 0. The molecule has 0 aromatic heterocycles. The summed E-state index contributed by atoms with van der Waals surface area (Å²) in [5, 5.41) is 3.70. The third-order valence-corrected chi connectivity index (χ3v) is 4.76. The zero-order valence-corrected chi connectivity index (χ0v) is 14.7. The van der Waals surface area contributed by atoms with Crippen LogP contribution in [-0.2, 0) is 4.74 Å². The standard InChI is InChI=1S/C19H22ClN3O2/c20-16-7-3-1-5-14(16)18(23-9-11-25-12-10-23)13-22-19(24)15-6-2-4-8-17(15)21/h1-8,18H,9-13,21H2,(H,22,24). The number of benzene rings is 2. The van der Waals surface area contributed by atoms with Crippen LogP contribution < -0.4 is 11.1 Å². The van der Waals surface area contributed by atoms with Crippen molar-refractivity contribution in [3.63, 3.8) is 0 Å². The molecule has 2 aromatic rings. The van der Waals surface area contributed by atoms with Gasteiger partial charge in [0.15, 0.2) is 0 Å². The van der Waals surface area contributed by atoms with Gasteiger partial charge in [-0.1, -0.05) is 41.9 Å². The van der Waals surface area contributed by atoms with Gasteiger partial charge in [-0.05, 0) is 23.8 Å². The van der Waals surface area contributed by atoms with Gasteiger partial charge < -0.3 is 15.8 Å². The molecular weight excluding hydrogens is 338 g/mol. The summed E-state index contributed by atoms with van der Waals surface area (Å²) in [6, 6.07) is 14.8. The van der Waals surface area contributed by atoms with Gasteiger partial charge >= 0.3 is 0 Å². The Morgan fingerprint density at radius 1 is 1.16 bits per heavy atom. The predicted octanol–water partition coefficient (Wildman–Crippen LogP) is 2.73. The normalized spacial score (nSPS) is 16.4. The molecule has 2 aromatic carbocycles. The summed E-state index contributed by atoms with van der Waals surface area (Å²) in [4.78, 5) is 14.8. The van der Waals surface area contributed by atoms with Gasteiger partial charge in [-0.3, -0.25) is 9.69 Å². The number of hydrogen-bond acceptors (Lipinski definition) is 4. The Morgan fingerprint density at radius 2 is 1.84 bits per heavy atom. The Bertz CT molecular complexity index is 732. The summed E-state index contributed by atoms with van der Waals surface area (Å²) < 4.78 is 5.45. The van der Waals surface area contributed by atoms with Crippen LogP contribution in [0.5, 0.6) is 0 Å². The number of carbonyl (C=O) groups excluding carboxylic acids is 1. The quantitative estimate of drug-likeness (QED) is 0.805. The van der Waals surface area contributed by atoms with Crippen LogP contribution >= 0.6 is 11.6 Å². The van der Waals surface area contributed by atoms with Crippen LogP contribution in [0.15, 0.2) is 48.5 Å². The van der Waals surface area contributed by atoms with Gasteiger partial charge in [0.05, 0.1) is 24.8 Å². The first-order chi connectivity index (χ1) is 12.2. The van der Waals surface area contributed by atoms with E-state index in [-0.39, 0.29) is 11.9 Å². The van der Waals surface area contributed by atoms with E-state index >= 15 is 0 Å². The molecule has 6 heteroatoms. The molecule has 0 bridgehead atoms. The lowest BCUT2D eigenvalue weighted by Gasteiger charge is -2.35. The summed E-state index contributed by atoms with van der Waals surface area (Å²) in [6.45, 7) is 3.43. The van der Waals surface area contributed by atoms with Gasteiger partial charge in [-0.25, -0.2) is 0 Å². The molecule has 3 N–H and O–H groups in total. The minimum atomic E-state index is -0.177. The minimum absolute atomic E-state index is 0.00788. The molecule has 1 heterocycles. The second-order valence-corrected chi connectivity index (χ2v) is 6.39. The third-order valence-electron chi connectivity index (χ3n) is 4.41. The first-order valence-corrected chi connectivity index (χ1v) is 8.73. The second kappa shape index (κ2) is 8.34. The average molecular weight is 360 g/mol. The van der Waals surface area contributed by atoms with E-state index in [4.69, 9.17) is 22.1 Å². The van der Waals surface area contributed by atoms with E-state index in [0.717, 1.165) is 18.7 Å². The zero-order valence-electron chi connectivity index (χ0n) is 14.0. The molecule has 1 amide bonds. The van der Waals surface area contributed by atoms with Crippen molar-refractivity contribution in [1.29, 1.82) is 0 Å². The van der Waals surface area contributed by atoms with Crippen LogP contribution in [0.2, 0.25) is 5.02 Å². The highest BCUT2D eigenvalue weighted by Gasteiger charge is 2.25. The minimum Gasteiger partial charge on any atom is -0.398 e. The van der Waals surface area contributed by atoms with Gasteiger partial charge in [-0.2, -0.15) is 0 Å². The highest BCUT2D eigenvalue weighted by atomic mass is 35.5. The molecule has 1 saturated heterocycles. The number of para-hydroxylation sites is 1. The van der Waals surface area contributed by atoms with E-state index in [1.807, 2.05) is 30.3 Å². The fraction of sp³-hybridized carbons (Fsp3) is 0.316. The number of nitrogen functional groups attached to an aromatic ring is 1. The molecule has 1 aliphatic rings. The first-order valence-electron chi connectivity index (χ1n) is 8.35. The average Bonchev–Trinajstić information content (AvgIpc) is 2.64. The largest absolute Gasteiger partial charge is 0.398 e. The summed E-state index contributed by atoms with van der Waals surface area (Å²) in [5.41, 5.74) is 7.87. The number of rotatable bonds is 5. The molecule has 1 atom stereocenters. The number of ether oxygens (including phenoxy) is 1. The lowest BCUT2D eigenvalue weighted by molar-refractivity contribution is 0.0162. The Balaban J connectivity index is 1.77. The van der Waals surface area contributed by atoms with Crippen LogP contribution in [0.4, 0.5) is 5.69 Å². The van der Waals surface area contributed by atoms with E-state index in [2.05, 4.69) is 10.2 Å². The Kier molecular flexibility index (Phi) is 5.91. The number of hydrogen-bond donors (Lipinski definition) is 2. The molecule has 25 heavy (non-hydrogen) atoms. The highest BCUT2D eigenvalue weighted by molar-refractivity contribution is 6.31. The molecule has 0 radical (unpaired) electrons. The van der Waals surface area contributed by atoms with Gasteiger partial charge in [0.1, 0.15) is 0 Å². The number of morpholine rings is 1. The highest BCUT2D eigenvalue weighted by Crippen LogP contribution is 2.28. The van der Waals surface area contributed by atoms with Crippen molar-refractivity contribution in [1.82, 2.24) is 10.2 Å². The van der Waals surface area contributed by atoms with E-state index in [9.17, 15) is 4.79 Å². The molecule has 5 nitrogen and oxygen atoms in total. The van der Waals surface area contributed by atoms with Gasteiger partial charge in [0, 0.05) is 30.3 Å². The van der Waals surface area contributed by atoms with Crippen molar-refractivity contribution >= 4 is 23.2 Å². The van der Waals surface area contributed by atoms with Crippen LogP contribution in [0.25, 0.3) is 0 Å². The fourth-order valence-corrected chi connectivity index (χ4v) is 3.32. The molecule has 3 rings (SSSR count). The lowest BCUT2D eigenvalue weighted by atomic mass is 10.0. The molecule has 0 spiro atoms. The van der Waals surface area contributed by atoms with Crippen LogP contribution in [-0.4, -0.2) is 43.7 Å². The Labute approximate surface area is 152 Å². The first kappa shape index (κ1) is 17.7. The maximum absolute atomic E-state index is 12.5. The molecule has 1 aliphatic heterocycles. The molecular formula is C19H22ClN3O2. The fourth-order valence-electron chi connectivity index (χ4n) is 3.06. The molecule has 0 saturated carbocycles. The van der Waals surface area contributed by atoms with Gasteiger partial charge in [-0.15, -0.1) is 0 Å². The van der Waals surface area contributed by atoms with Crippen LogP contribution in [0.1, 0.15) is 22.0 Å². The van der Waals surface area contributed by atoms with E-state index < -0.39 is 0 Å². The molecule has 1 fully saturated rings. The topological polar surface area (TPSA) is 67.6 Å². The number of carbonyl (C=O) groups is 1. The maximum atomic E-state index is 12.5. The Morgan fingerprint density at radius 3 is 2.56 bits per heavy atom. The predicted molar refractivity (Wildman–Crippen MR) is 99.8 cm³/mol. The van der Waals surface area contributed by atoms with E-state index in [0.29, 0.717) is 36.0 Å². The smallest absolute Gasteiger partial charge is 0.253 e. The summed E-state index contributed by atoms with van der Waals surface area (Å²) in [7, 11) is 0. The summed E-state index contributed by atoms with van der Waals surface area (Å²) in [5.74, 6) is -0.177. The monoisotopic (exact) mass is 359 g/mol. The number of halogens is 1. The van der Waals surface area contributed by atoms with Crippen molar-refractivity contribution in [2.45, 2.75) is 6.04 Å². The molecule has 132 valence electrons. The van der Waals surface area contributed by atoms with E-state index in [1.165, 1.54) is 0 Å².